The molecule has 1 unspecified atom stereocenters. The molecule has 1 N–H and O–H groups in total. The predicted octanol–water partition coefficient (Wildman–Crippen LogP) is 12.3. The van der Waals surface area contributed by atoms with E-state index in [0.29, 0.717) is 89.6 Å². The molecule has 362 valence electrons. The number of rotatable bonds is 40. The lowest BCUT2D eigenvalue weighted by molar-refractivity contribution is -0.150. The fraction of sp³-hybridized carbons (Fsp3) is 0.827. The number of thiophene rings is 1. The van der Waals surface area contributed by atoms with Gasteiger partial charge in [-0.15, -0.1) is 11.3 Å². The number of esters is 2. The van der Waals surface area contributed by atoms with Crippen molar-refractivity contribution in [3.05, 3.63) is 20.9 Å². The molecule has 0 aromatic carbocycles. The molecule has 11 heteroatoms. The highest BCUT2D eigenvalue weighted by molar-refractivity contribution is 7.12. The summed E-state index contributed by atoms with van der Waals surface area (Å²) in [4.78, 5) is 70.9. The van der Waals surface area contributed by atoms with Crippen LogP contribution >= 0.6 is 11.3 Å². The first-order chi connectivity index (χ1) is 30.6. The minimum atomic E-state index is -0.140. The third-order valence-electron chi connectivity index (χ3n) is 12.4. The smallest absolute Gasteiger partial charge is 0.306 e. The first kappa shape index (κ1) is 56.3. The van der Waals surface area contributed by atoms with Crippen LogP contribution in [-0.4, -0.2) is 85.8 Å². The standard InChI is InChI=1S/C52H91N3O7S/c1-6-9-12-15-17-21-28-41-61-49(58)33-25-20-19-24-32-48(57)55-39-37-45-47(42-55)63-46(51(45)52(60)53-38-40-54(4)5)36-35-43(56)29-26-27-34-50(59)62-44(30-22-14-11-8-3)31-23-18-16-13-10-7-2/h44H,6-42H2,1-5H3,(H,53,60). The van der Waals surface area contributed by atoms with E-state index < -0.39 is 0 Å². The Kier molecular flexibility index (Phi) is 32.6. The maximum Gasteiger partial charge on any atom is 0.306 e. The van der Waals surface area contributed by atoms with E-state index in [2.05, 4.69) is 26.1 Å². The number of carbonyl (C=O) groups excluding carboxylic acids is 5. The fourth-order valence-electron chi connectivity index (χ4n) is 8.40. The molecule has 10 nitrogen and oxygen atoms in total. The van der Waals surface area contributed by atoms with Gasteiger partial charge in [-0.1, -0.05) is 124 Å². The highest BCUT2D eigenvalue weighted by Crippen LogP contribution is 2.35. The Labute approximate surface area is 388 Å². The molecule has 0 spiro atoms. The summed E-state index contributed by atoms with van der Waals surface area (Å²) in [5.41, 5.74) is 1.72. The molecule has 2 amide bonds. The second kappa shape index (κ2) is 36.4. The molecular weight excluding hydrogens is 811 g/mol. The van der Waals surface area contributed by atoms with E-state index in [1.54, 1.807) is 11.3 Å². The zero-order chi connectivity index (χ0) is 45.9. The number of carbonyl (C=O) groups is 5. The number of Topliss-reactive ketones (excluding diaryl/α,β-unsaturated/α-hetero) is 1. The van der Waals surface area contributed by atoms with Crippen molar-refractivity contribution in [2.24, 2.45) is 0 Å². The van der Waals surface area contributed by atoms with Gasteiger partial charge in [0.05, 0.1) is 18.7 Å². The number of aryl methyl sites for hydroxylation is 1. The molecule has 1 atom stereocenters. The Bertz CT molecular complexity index is 1410. The first-order valence-electron chi connectivity index (χ1n) is 25.8. The summed E-state index contributed by atoms with van der Waals surface area (Å²) in [7, 11) is 3.95. The minimum absolute atomic E-state index is 0.00216. The number of likely N-dealkylation sites (N-methyl/N-ethyl adjacent to an activating group) is 1. The van der Waals surface area contributed by atoms with Crippen LogP contribution in [0.15, 0.2) is 0 Å². The van der Waals surface area contributed by atoms with Crippen molar-refractivity contribution >= 4 is 40.9 Å². The van der Waals surface area contributed by atoms with Gasteiger partial charge in [0.1, 0.15) is 11.9 Å². The predicted molar refractivity (Wildman–Crippen MR) is 259 cm³/mol. The molecule has 1 aliphatic heterocycles. The first-order valence-corrected chi connectivity index (χ1v) is 26.6. The van der Waals surface area contributed by atoms with Gasteiger partial charge in [0, 0.05) is 61.5 Å². The van der Waals surface area contributed by atoms with Crippen molar-refractivity contribution in [1.29, 1.82) is 0 Å². The lowest BCUT2D eigenvalue weighted by Gasteiger charge is -2.27. The topological polar surface area (TPSA) is 122 Å². The van der Waals surface area contributed by atoms with Crippen LogP contribution < -0.4 is 5.32 Å². The average Bonchev–Trinajstić information content (AvgIpc) is 3.64. The van der Waals surface area contributed by atoms with Crippen LogP contribution in [0.25, 0.3) is 0 Å². The normalized spacial score (nSPS) is 13.0. The monoisotopic (exact) mass is 902 g/mol. The van der Waals surface area contributed by atoms with Crippen molar-refractivity contribution in [1.82, 2.24) is 15.1 Å². The van der Waals surface area contributed by atoms with Gasteiger partial charge in [-0.05, 0) is 90.3 Å². The van der Waals surface area contributed by atoms with Crippen molar-refractivity contribution in [2.45, 2.75) is 239 Å². The number of unbranched alkanes of at least 4 members (excludes halogenated alkanes) is 18. The Balaban J connectivity index is 1.81. The molecule has 63 heavy (non-hydrogen) atoms. The summed E-state index contributed by atoms with van der Waals surface area (Å²) < 4.78 is 11.4. The third kappa shape index (κ3) is 26.7. The average molecular weight is 902 g/mol. The van der Waals surface area contributed by atoms with E-state index in [-0.39, 0.29) is 35.6 Å². The van der Waals surface area contributed by atoms with Crippen molar-refractivity contribution in [2.75, 3.05) is 40.3 Å². The SMILES string of the molecule is CCCCCCCCCOC(=O)CCCCCCC(=O)N1CCc2c(sc(CCC(=O)CCCCC(=O)OC(CCCCCC)CCCCCCCC)c2C(=O)NCCN(C)C)C1. The van der Waals surface area contributed by atoms with Crippen molar-refractivity contribution in [3.63, 3.8) is 0 Å². The molecule has 1 aliphatic rings. The molecule has 0 bridgehead atoms. The van der Waals surface area contributed by atoms with Crippen molar-refractivity contribution < 1.29 is 33.4 Å². The number of fused-ring (bicyclic) bond motifs is 1. The van der Waals surface area contributed by atoms with E-state index in [0.717, 1.165) is 86.1 Å². The Morgan fingerprint density at radius 2 is 1.19 bits per heavy atom. The highest BCUT2D eigenvalue weighted by atomic mass is 32.1. The van der Waals surface area contributed by atoms with Crippen LogP contribution in [0.5, 0.6) is 0 Å². The number of hydrogen-bond donors (Lipinski definition) is 1. The molecule has 0 radical (unpaired) electrons. The number of hydrogen-bond acceptors (Lipinski definition) is 9. The lowest BCUT2D eigenvalue weighted by Crippen LogP contribution is -2.36. The molecule has 0 fully saturated rings. The molecule has 1 aromatic rings. The van der Waals surface area contributed by atoms with E-state index in [1.165, 1.54) is 83.5 Å². The Morgan fingerprint density at radius 1 is 0.651 bits per heavy atom. The number of ether oxygens (including phenoxy) is 2. The zero-order valence-electron chi connectivity index (χ0n) is 40.9. The quantitative estimate of drug-likeness (QED) is 0.0510. The second-order valence-corrected chi connectivity index (χ2v) is 19.6. The highest BCUT2D eigenvalue weighted by Gasteiger charge is 2.29. The molecule has 1 aromatic heterocycles. The van der Waals surface area contributed by atoms with Crippen LogP contribution in [0.3, 0.4) is 0 Å². The minimum Gasteiger partial charge on any atom is -0.466 e. The maximum absolute atomic E-state index is 13.6. The van der Waals surface area contributed by atoms with Crippen LogP contribution in [-0.2, 0) is 48.0 Å². The summed E-state index contributed by atoms with van der Waals surface area (Å²) in [6.07, 6.45) is 30.1. The number of amides is 2. The lowest BCUT2D eigenvalue weighted by atomic mass is 9.98. The van der Waals surface area contributed by atoms with Crippen molar-refractivity contribution in [3.8, 4) is 0 Å². The van der Waals surface area contributed by atoms with Gasteiger partial charge in [0.2, 0.25) is 5.91 Å². The molecule has 0 aliphatic carbocycles. The van der Waals surface area contributed by atoms with Gasteiger partial charge < -0.3 is 24.6 Å². The van der Waals surface area contributed by atoms with E-state index in [4.69, 9.17) is 9.47 Å². The van der Waals surface area contributed by atoms with E-state index >= 15 is 0 Å². The Hall–Kier alpha value is -2.79. The number of nitrogens with one attached hydrogen (secondary N) is 1. The van der Waals surface area contributed by atoms with Gasteiger partial charge in [-0.3, -0.25) is 24.0 Å². The van der Waals surface area contributed by atoms with Gasteiger partial charge in [0.15, 0.2) is 0 Å². The summed E-state index contributed by atoms with van der Waals surface area (Å²) in [6, 6.07) is 0. The number of nitrogens with zero attached hydrogens (tertiary/aromatic N) is 2. The van der Waals surface area contributed by atoms with E-state index in [9.17, 15) is 24.0 Å². The zero-order valence-corrected chi connectivity index (χ0v) is 41.7. The van der Waals surface area contributed by atoms with E-state index in [1.807, 2.05) is 23.9 Å². The molecule has 2 rings (SSSR count). The van der Waals surface area contributed by atoms with Gasteiger partial charge >= 0.3 is 11.9 Å². The molecule has 0 saturated carbocycles. The molecule has 2 heterocycles. The number of ketones is 1. The molecule has 0 saturated heterocycles. The maximum atomic E-state index is 13.6. The summed E-state index contributed by atoms with van der Waals surface area (Å²) in [5, 5.41) is 3.09. The van der Waals surface area contributed by atoms with Crippen LogP contribution in [0.4, 0.5) is 0 Å². The summed E-state index contributed by atoms with van der Waals surface area (Å²) >= 11 is 1.58. The van der Waals surface area contributed by atoms with Crippen LogP contribution in [0.1, 0.15) is 239 Å². The van der Waals surface area contributed by atoms with Gasteiger partial charge in [-0.25, -0.2) is 0 Å². The van der Waals surface area contributed by atoms with Gasteiger partial charge in [-0.2, -0.15) is 0 Å². The fourth-order valence-corrected chi connectivity index (χ4v) is 9.76. The molecular formula is C52H91N3O7S. The third-order valence-corrected chi connectivity index (χ3v) is 13.6. The largest absolute Gasteiger partial charge is 0.466 e. The van der Waals surface area contributed by atoms with Gasteiger partial charge in [0.25, 0.3) is 5.91 Å². The second-order valence-electron chi connectivity index (χ2n) is 18.4. The Morgan fingerprint density at radius 3 is 1.84 bits per heavy atom. The summed E-state index contributed by atoms with van der Waals surface area (Å²) in [5.74, 6) is -0.0877. The summed E-state index contributed by atoms with van der Waals surface area (Å²) in [6.45, 7) is 9.50. The van der Waals surface area contributed by atoms with Crippen LogP contribution in [0.2, 0.25) is 0 Å². The van der Waals surface area contributed by atoms with Crippen LogP contribution in [0, 0.1) is 0 Å².